The van der Waals surface area contributed by atoms with Crippen molar-refractivity contribution in [2.75, 3.05) is 12.8 Å². The van der Waals surface area contributed by atoms with Crippen LogP contribution in [0.2, 0.25) is 0 Å². The average Bonchev–Trinajstić information content (AvgIpc) is 2.78. The molecule has 0 radical (unpaired) electrons. The minimum Gasteiger partial charge on any atom is -0.476 e. The van der Waals surface area contributed by atoms with Gasteiger partial charge in [0.2, 0.25) is 0 Å². The number of aromatic carboxylic acids is 1. The number of carboxylic acid groups (broad SMARTS) is 1. The third kappa shape index (κ3) is 4.35. The van der Waals surface area contributed by atoms with Crippen LogP contribution in [0.3, 0.4) is 0 Å². The monoisotopic (exact) mass is 274 g/mol. The molecule has 1 aromatic heterocycles. The van der Waals surface area contributed by atoms with Gasteiger partial charge in [0, 0.05) is 17.2 Å². The topological polar surface area (TPSA) is 79.3 Å². The quantitative estimate of drug-likeness (QED) is 0.825. The first-order valence-corrected chi connectivity index (χ1v) is 7.21. The highest BCUT2D eigenvalue weighted by molar-refractivity contribution is 7.99. The largest absolute Gasteiger partial charge is 0.476 e. The second-order valence-electron chi connectivity index (χ2n) is 3.43. The Hall–Kier alpha value is -1.08. The van der Waals surface area contributed by atoms with Gasteiger partial charge in [-0.25, -0.2) is 9.78 Å². The average molecular weight is 274 g/mol. The first-order chi connectivity index (χ1) is 8.04. The number of amides is 1. The minimum atomic E-state index is -1.11. The summed E-state index contributed by atoms with van der Waals surface area (Å²) in [5, 5.41) is 13.4. The van der Waals surface area contributed by atoms with Gasteiger partial charge in [0.05, 0.1) is 0 Å². The second kappa shape index (κ2) is 6.61. The van der Waals surface area contributed by atoms with Crippen LogP contribution in [0.15, 0.2) is 5.38 Å². The first kappa shape index (κ1) is 14.0. The summed E-state index contributed by atoms with van der Waals surface area (Å²) in [7, 11) is 0. The molecule has 5 nitrogen and oxygen atoms in total. The van der Waals surface area contributed by atoms with Gasteiger partial charge in [-0.15, -0.1) is 11.3 Å². The third-order valence-corrected chi connectivity index (χ3v) is 4.04. The van der Waals surface area contributed by atoms with Crippen molar-refractivity contribution < 1.29 is 14.7 Å². The standard InChI is InChI=1S/C10H14N2O3S2/c1-6(16-2)3-4-11-8(13)9-12-7(5-17-9)10(14)15/h5-6H,3-4H2,1-2H3,(H,11,13)(H,14,15). The van der Waals surface area contributed by atoms with E-state index in [1.807, 2.05) is 6.26 Å². The molecule has 0 spiro atoms. The zero-order valence-corrected chi connectivity index (χ0v) is 11.2. The molecule has 17 heavy (non-hydrogen) atoms. The van der Waals surface area contributed by atoms with E-state index in [4.69, 9.17) is 5.11 Å². The molecule has 0 saturated carbocycles. The maximum atomic E-state index is 11.6. The third-order valence-electron chi connectivity index (χ3n) is 2.16. The fraction of sp³-hybridized carbons (Fsp3) is 0.500. The van der Waals surface area contributed by atoms with E-state index in [0.717, 1.165) is 17.8 Å². The number of rotatable bonds is 6. The Morgan fingerprint density at radius 1 is 1.65 bits per heavy atom. The number of thioether (sulfide) groups is 1. The van der Waals surface area contributed by atoms with Crippen molar-refractivity contribution in [3.63, 3.8) is 0 Å². The molecule has 7 heteroatoms. The van der Waals surface area contributed by atoms with Crippen LogP contribution in [0.5, 0.6) is 0 Å². The molecule has 0 aliphatic rings. The van der Waals surface area contributed by atoms with Crippen molar-refractivity contribution in [3.8, 4) is 0 Å². The smallest absolute Gasteiger partial charge is 0.355 e. The Labute approximate surface area is 108 Å². The van der Waals surface area contributed by atoms with Gasteiger partial charge in [-0.2, -0.15) is 11.8 Å². The molecule has 0 aliphatic heterocycles. The van der Waals surface area contributed by atoms with Gasteiger partial charge >= 0.3 is 5.97 Å². The van der Waals surface area contributed by atoms with E-state index >= 15 is 0 Å². The summed E-state index contributed by atoms with van der Waals surface area (Å²) in [6.45, 7) is 2.66. The van der Waals surface area contributed by atoms with Crippen LogP contribution in [0.25, 0.3) is 0 Å². The Bertz CT molecular complexity index is 406. The Balaban J connectivity index is 2.44. The number of hydrogen-bond acceptors (Lipinski definition) is 5. The van der Waals surface area contributed by atoms with Crippen LogP contribution >= 0.6 is 23.1 Å². The van der Waals surface area contributed by atoms with Crippen molar-refractivity contribution >= 4 is 35.0 Å². The molecule has 1 amide bonds. The Morgan fingerprint density at radius 3 is 2.88 bits per heavy atom. The molecule has 2 N–H and O–H groups in total. The lowest BCUT2D eigenvalue weighted by molar-refractivity contribution is 0.0691. The van der Waals surface area contributed by atoms with E-state index in [2.05, 4.69) is 17.2 Å². The summed E-state index contributed by atoms with van der Waals surface area (Å²) in [6.07, 6.45) is 2.90. The second-order valence-corrected chi connectivity index (χ2v) is 5.57. The van der Waals surface area contributed by atoms with Crippen LogP contribution in [0.4, 0.5) is 0 Å². The van der Waals surface area contributed by atoms with Gasteiger partial charge in [0.15, 0.2) is 10.7 Å². The van der Waals surface area contributed by atoms with Gasteiger partial charge in [-0.1, -0.05) is 6.92 Å². The van der Waals surface area contributed by atoms with Crippen molar-refractivity contribution in [2.45, 2.75) is 18.6 Å². The summed E-state index contributed by atoms with van der Waals surface area (Å²) < 4.78 is 0. The van der Waals surface area contributed by atoms with E-state index in [-0.39, 0.29) is 16.6 Å². The number of aromatic nitrogens is 1. The highest BCUT2D eigenvalue weighted by Crippen LogP contribution is 2.11. The van der Waals surface area contributed by atoms with E-state index in [1.54, 1.807) is 11.8 Å². The fourth-order valence-corrected chi connectivity index (χ4v) is 2.12. The lowest BCUT2D eigenvalue weighted by Crippen LogP contribution is -2.26. The number of carbonyl (C=O) groups excluding carboxylic acids is 1. The minimum absolute atomic E-state index is 0.0855. The Kier molecular flexibility index (Phi) is 5.43. The molecule has 1 unspecified atom stereocenters. The molecule has 0 aliphatic carbocycles. The maximum Gasteiger partial charge on any atom is 0.355 e. The predicted octanol–water partition coefficient (Wildman–Crippen LogP) is 1.71. The molecule has 1 rings (SSSR count). The summed E-state index contributed by atoms with van der Waals surface area (Å²) in [5.41, 5.74) is -0.0855. The molecule has 0 aromatic carbocycles. The maximum absolute atomic E-state index is 11.6. The van der Waals surface area contributed by atoms with Gasteiger partial charge in [0.1, 0.15) is 0 Å². The molecule has 1 aromatic rings. The predicted molar refractivity (Wildman–Crippen MR) is 69.0 cm³/mol. The molecule has 0 saturated heterocycles. The molecule has 0 bridgehead atoms. The van der Waals surface area contributed by atoms with Crippen molar-refractivity contribution in [3.05, 3.63) is 16.1 Å². The summed E-state index contributed by atoms with van der Waals surface area (Å²) >= 11 is 2.78. The number of carboxylic acids is 1. The van der Waals surface area contributed by atoms with Gasteiger partial charge in [-0.3, -0.25) is 4.79 Å². The molecular formula is C10H14N2O3S2. The lowest BCUT2D eigenvalue weighted by Gasteiger charge is -2.07. The van der Waals surface area contributed by atoms with Crippen LogP contribution in [0, 0.1) is 0 Å². The van der Waals surface area contributed by atoms with Crippen LogP contribution in [0.1, 0.15) is 33.6 Å². The number of nitrogens with zero attached hydrogens (tertiary/aromatic N) is 1. The van der Waals surface area contributed by atoms with Crippen LogP contribution in [-0.4, -0.2) is 40.0 Å². The van der Waals surface area contributed by atoms with Gasteiger partial charge in [0.25, 0.3) is 5.91 Å². The highest BCUT2D eigenvalue weighted by atomic mass is 32.2. The molecular weight excluding hydrogens is 260 g/mol. The number of nitrogens with one attached hydrogen (secondary N) is 1. The summed E-state index contributed by atoms with van der Waals surface area (Å²) in [6, 6.07) is 0. The zero-order valence-electron chi connectivity index (χ0n) is 9.60. The normalized spacial score (nSPS) is 12.1. The van der Waals surface area contributed by atoms with E-state index < -0.39 is 5.97 Å². The van der Waals surface area contributed by atoms with Crippen LogP contribution < -0.4 is 5.32 Å². The van der Waals surface area contributed by atoms with Gasteiger partial charge in [-0.05, 0) is 12.7 Å². The summed E-state index contributed by atoms with van der Waals surface area (Å²) in [5.74, 6) is -1.42. The van der Waals surface area contributed by atoms with E-state index in [1.165, 1.54) is 5.38 Å². The number of thiazole rings is 1. The highest BCUT2D eigenvalue weighted by Gasteiger charge is 2.14. The Morgan fingerprint density at radius 2 is 2.35 bits per heavy atom. The fourth-order valence-electron chi connectivity index (χ4n) is 1.06. The SMILES string of the molecule is CSC(C)CCNC(=O)c1nc(C(=O)O)cs1. The zero-order chi connectivity index (χ0) is 12.8. The molecule has 1 atom stereocenters. The van der Waals surface area contributed by atoms with Crippen LogP contribution in [-0.2, 0) is 0 Å². The van der Waals surface area contributed by atoms with E-state index in [9.17, 15) is 9.59 Å². The first-order valence-electron chi connectivity index (χ1n) is 5.04. The number of hydrogen-bond donors (Lipinski definition) is 2. The molecule has 94 valence electrons. The van der Waals surface area contributed by atoms with Gasteiger partial charge < -0.3 is 10.4 Å². The van der Waals surface area contributed by atoms with Crippen molar-refractivity contribution in [1.29, 1.82) is 0 Å². The summed E-state index contributed by atoms with van der Waals surface area (Å²) in [4.78, 5) is 25.9. The number of carbonyl (C=O) groups is 2. The van der Waals surface area contributed by atoms with E-state index in [0.29, 0.717) is 11.8 Å². The lowest BCUT2D eigenvalue weighted by atomic mass is 10.3. The molecule has 1 heterocycles. The van der Waals surface area contributed by atoms with Crippen molar-refractivity contribution in [1.82, 2.24) is 10.3 Å². The molecule has 0 fully saturated rings. The van der Waals surface area contributed by atoms with Crippen molar-refractivity contribution in [2.24, 2.45) is 0 Å².